The molecule has 4 heteroatoms. The molecule has 1 heterocycles. The van der Waals surface area contributed by atoms with Crippen molar-refractivity contribution in [1.29, 1.82) is 0 Å². The van der Waals surface area contributed by atoms with Gasteiger partial charge in [0.1, 0.15) is 0 Å². The third kappa shape index (κ3) is 2.10. The maximum Gasteiger partial charge on any atom is 0.228 e. The van der Waals surface area contributed by atoms with Gasteiger partial charge in [-0.25, -0.2) is 0 Å². The molecule has 0 aliphatic carbocycles. The Morgan fingerprint density at radius 3 is 2.17 bits per heavy atom. The second-order valence-corrected chi connectivity index (χ2v) is 4.82. The number of carbonyl (C=O) groups excluding carboxylic acids is 2. The highest BCUT2D eigenvalue weighted by Gasteiger charge is 2.41. The van der Waals surface area contributed by atoms with E-state index < -0.39 is 5.41 Å². The number of carbonyl (C=O) groups is 2. The molecule has 1 aliphatic rings. The van der Waals surface area contributed by atoms with Crippen LogP contribution in [0.5, 0.6) is 0 Å². The number of primary amides is 1. The molecular weight excluding hydrogens is 228 g/mol. The fourth-order valence-corrected chi connectivity index (χ4v) is 2.64. The van der Waals surface area contributed by atoms with Crippen LogP contribution in [0.15, 0.2) is 30.3 Å². The highest BCUT2D eigenvalue weighted by molar-refractivity contribution is 5.87. The van der Waals surface area contributed by atoms with Crippen molar-refractivity contribution in [2.24, 2.45) is 5.73 Å². The first-order chi connectivity index (χ1) is 8.56. The standard InChI is InChI=1S/C14H18N2O2/c1-11(17)16-9-7-14(8-10-16,13(15)18)12-5-3-2-4-6-12/h2-6H,7-10H2,1H3,(H2,15,18). The molecule has 0 bridgehead atoms. The Balaban J connectivity index is 2.27. The van der Waals surface area contributed by atoms with Gasteiger partial charge in [-0.15, -0.1) is 0 Å². The summed E-state index contributed by atoms with van der Waals surface area (Å²) in [5.41, 5.74) is 5.95. The largest absolute Gasteiger partial charge is 0.369 e. The van der Waals surface area contributed by atoms with Gasteiger partial charge >= 0.3 is 0 Å². The molecule has 1 aromatic carbocycles. The Morgan fingerprint density at radius 1 is 1.17 bits per heavy atom. The van der Waals surface area contributed by atoms with Crippen LogP contribution < -0.4 is 5.73 Å². The van der Waals surface area contributed by atoms with Crippen molar-refractivity contribution < 1.29 is 9.59 Å². The third-order valence-corrected chi connectivity index (χ3v) is 3.86. The van der Waals surface area contributed by atoms with Crippen molar-refractivity contribution in [3.05, 3.63) is 35.9 Å². The van der Waals surface area contributed by atoms with Gasteiger partial charge < -0.3 is 10.6 Å². The van der Waals surface area contributed by atoms with E-state index in [0.29, 0.717) is 25.9 Å². The topological polar surface area (TPSA) is 63.4 Å². The second kappa shape index (κ2) is 4.80. The molecule has 0 aromatic heterocycles. The first-order valence-electron chi connectivity index (χ1n) is 6.17. The molecule has 0 spiro atoms. The molecule has 0 unspecified atom stereocenters. The molecular formula is C14H18N2O2. The maximum absolute atomic E-state index is 11.9. The van der Waals surface area contributed by atoms with Crippen molar-refractivity contribution in [2.45, 2.75) is 25.2 Å². The van der Waals surface area contributed by atoms with Crippen LogP contribution in [0.3, 0.4) is 0 Å². The van der Waals surface area contributed by atoms with Gasteiger partial charge in [0.15, 0.2) is 0 Å². The van der Waals surface area contributed by atoms with Gasteiger partial charge in [0, 0.05) is 20.0 Å². The molecule has 18 heavy (non-hydrogen) atoms. The van der Waals surface area contributed by atoms with E-state index in [4.69, 9.17) is 5.73 Å². The number of amides is 2. The monoisotopic (exact) mass is 246 g/mol. The molecule has 0 radical (unpaired) electrons. The summed E-state index contributed by atoms with van der Waals surface area (Å²) in [5, 5.41) is 0. The smallest absolute Gasteiger partial charge is 0.228 e. The SMILES string of the molecule is CC(=O)N1CCC(C(N)=O)(c2ccccc2)CC1. The minimum absolute atomic E-state index is 0.0566. The van der Waals surface area contributed by atoms with Crippen molar-refractivity contribution >= 4 is 11.8 Å². The average molecular weight is 246 g/mol. The van der Waals surface area contributed by atoms with E-state index in [9.17, 15) is 9.59 Å². The van der Waals surface area contributed by atoms with Crippen molar-refractivity contribution in [3.8, 4) is 0 Å². The van der Waals surface area contributed by atoms with Gasteiger partial charge in [0.2, 0.25) is 11.8 Å². The number of piperidine rings is 1. The number of nitrogens with zero attached hydrogens (tertiary/aromatic N) is 1. The quantitative estimate of drug-likeness (QED) is 0.847. The Bertz CT molecular complexity index is 448. The Kier molecular flexibility index (Phi) is 3.36. The van der Waals surface area contributed by atoms with Crippen LogP contribution >= 0.6 is 0 Å². The lowest BCUT2D eigenvalue weighted by Crippen LogP contribution is -2.51. The van der Waals surface area contributed by atoms with E-state index in [-0.39, 0.29) is 11.8 Å². The summed E-state index contributed by atoms with van der Waals surface area (Å²) in [6.45, 7) is 2.74. The fourth-order valence-electron chi connectivity index (χ4n) is 2.64. The highest BCUT2D eigenvalue weighted by Crippen LogP contribution is 2.35. The normalized spacial score (nSPS) is 18.4. The van der Waals surface area contributed by atoms with E-state index in [1.54, 1.807) is 11.8 Å². The van der Waals surface area contributed by atoms with Gasteiger partial charge in [-0.2, -0.15) is 0 Å². The highest BCUT2D eigenvalue weighted by atomic mass is 16.2. The van der Waals surface area contributed by atoms with Gasteiger partial charge in [-0.05, 0) is 18.4 Å². The maximum atomic E-state index is 11.9. The molecule has 2 N–H and O–H groups in total. The minimum atomic E-state index is -0.618. The fraction of sp³-hybridized carbons (Fsp3) is 0.429. The van der Waals surface area contributed by atoms with Gasteiger partial charge in [-0.3, -0.25) is 9.59 Å². The zero-order valence-corrected chi connectivity index (χ0v) is 10.6. The Hall–Kier alpha value is -1.84. The molecule has 1 fully saturated rings. The van der Waals surface area contributed by atoms with E-state index in [2.05, 4.69) is 0 Å². The lowest BCUT2D eigenvalue weighted by Gasteiger charge is -2.39. The van der Waals surface area contributed by atoms with Crippen LogP contribution in [0.25, 0.3) is 0 Å². The van der Waals surface area contributed by atoms with E-state index in [1.807, 2.05) is 30.3 Å². The molecule has 2 rings (SSSR count). The summed E-state index contributed by atoms with van der Waals surface area (Å²) in [6.07, 6.45) is 1.21. The number of hydrogen-bond acceptors (Lipinski definition) is 2. The summed E-state index contributed by atoms with van der Waals surface area (Å²) in [5.74, 6) is -0.238. The molecule has 0 saturated carbocycles. The zero-order valence-electron chi connectivity index (χ0n) is 10.6. The van der Waals surface area contributed by atoms with E-state index >= 15 is 0 Å². The number of hydrogen-bond donors (Lipinski definition) is 1. The number of likely N-dealkylation sites (tertiary alicyclic amines) is 1. The van der Waals surface area contributed by atoms with Crippen molar-refractivity contribution in [2.75, 3.05) is 13.1 Å². The Labute approximate surface area is 107 Å². The molecule has 0 atom stereocenters. The molecule has 96 valence electrons. The predicted octanol–water partition coefficient (Wildman–Crippen LogP) is 1.05. The van der Waals surface area contributed by atoms with Gasteiger partial charge in [-0.1, -0.05) is 30.3 Å². The van der Waals surface area contributed by atoms with Crippen LogP contribution in [-0.2, 0) is 15.0 Å². The summed E-state index contributed by atoms with van der Waals surface area (Å²) < 4.78 is 0. The lowest BCUT2D eigenvalue weighted by atomic mass is 9.72. The summed E-state index contributed by atoms with van der Waals surface area (Å²) in [7, 11) is 0. The molecule has 1 aromatic rings. The summed E-state index contributed by atoms with van der Waals surface area (Å²) in [4.78, 5) is 25.0. The van der Waals surface area contributed by atoms with Crippen LogP contribution in [0.4, 0.5) is 0 Å². The molecule has 1 saturated heterocycles. The van der Waals surface area contributed by atoms with Gasteiger partial charge in [0.25, 0.3) is 0 Å². The number of nitrogens with two attached hydrogens (primary N) is 1. The van der Waals surface area contributed by atoms with Crippen molar-refractivity contribution in [1.82, 2.24) is 4.90 Å². The number of benzene rings is 1. The van der Waals surface area contributed by atoms with E-state index in [1.165, 1.54) is 0 Å². The first kappa shape index (κ1) is 12.6. The minimum Gasteiger partial charge on any atom is -0.369 e. The second-order valence-electron chi connectivity index (χ2n) is 4.82. The van der Waals surface area contributed by atoms with Crippen molar-refractivity contribution in [3.63, 3.8) is 0 Å². The Morgan fingerprint density at radius 2 is 1.72 bits per heavy atom. The summed E-state index contributed by atoms with van der Waals surface area (Å²) in [6, 6.07) is 9.63. The van der Waals surface area contributed by atoms with Crippen LogP contribution in [0.2, 0.25) is 0 Å². The van der Waals surface area contributed by atoms with Crippen LogP contribution in [0, 0.1) is 0 Å². The molecule has 2 amide bonds. The zero-order chi connectivity index (χ0) is 13.2. The predicted molar refractivity (Wildman–Crippen MR) is 68.8 cm³/mol. The molecule has 1 aliphatic heterocycles. The lowest BCUT2D eigenvalue weighted by molar-refractivity contribution is -0.134. The van der Waals surface area contributed by atoms with Gasteiger partial charge in [0.05, 0.1) is 5.41 Å². The average Bonchev–Trinajstić information content (AvgIpc) is 2.39. The van der Waals surface area contributed by atoms with Crippen LogP contribution in [0.1, 0.15) is 25.3 Å². The first-order valence-corrected chi connectivity index (χ1v) is 6.17. The molecule has 4 nitrogen and oxygen atoms in total. The van der Waals surface area contributed by atoms with E-state index in [0.717, 1.165) is 5.56 Å². The van der Waals surface area contributed by atoms with Crippen LogP contribution in [-0.4, -0.2) is 29.8 Å². The third-order valence-electron chi connectivity index (χ3n) is 3.86. The summed E-state index contributed by atoms with van der Waals surface area (Å²) >= 11 is 0. The number of rotatable bonds is 2.